The SMILES string of the molecule is O=C(NCc1ccc2c(c1)OCO2)C(=Cc1ccccc1Cl)c1nc2ccccc2[nH]1. The van der Waals surface area contributed by atoms with Crippen LogP contribution in [0.2, 0.25) is 5.02 Å². The van der Waals surface area contributed by atoms with Gasteiger partial charge in [0.2, 0.25) is 6.79 Å². The molecule has 154 valence electrons. The van der Waals surface area contributed by atoms with Crippen LogP contribution in [-0.2, 0) is 11.3 Å². The molecule has 4 aromatic rings. The number of fused-ring (bicyclic) bond motifs is 2. The average Bonchev–Trinajstić information content (AvgIpc) is 3.43. The van der Waals surface area contributed by atoms with Gasteiger partial charge in [0, 0.05) is 11.6 Å². The second-order valence-electron chi connectivity index (χ2n) is 7.05. The quantitative estimate of drug-likeness (QED) is 0.445. The van der Waals surface area contributed by atoms with E-state index in [0.29, 0.717) is 34.5 Å². The number of nitrogens with zero attached hydrogens (tertiary/aromatic N) is 1. The van der Waals surface area contributed by atoms with E-state index in [4.69, 9.17) is 21.1 Å². The number of aromatic nitrogens is 2. The summed E-state index contributed by atoms with van der Waals surface area (Å²) in [4.78, 5) is 21.0. The number of halogens is 1. The number of ether oxygens (including phenoxy) is 2. The van der Waals surface area contributed by atoms with E-state index in [9.17, 15) is 4.79 Å². The highest BCUT2D eigenvalue weighted by molar-refractivity contribution is 6.33. The molecule has 1 aromatic heterocycles. The van der Waals surface area contributed by atoms with Crippen LogP contribution < -0.4 is 14.8 Å². The summed E-state index contributed by atoms with van der Waals surface area (Å²) < 4.78 is 10.8. The smallest absolute Gasteiger partial charge is 0.255 e. The van der Waals surface area contributed by atoms with Crippen LogP contribution in [0.25, 0.3) is 22.7 Å². The van der Waals surface area contributed by atoms with Gasteiger partial charge in [-0.25, -0.2) is 4.98 Å². The third-order valence-corrected chi connectivity index (χ3v) is 5.33. The Hall–Kier alpha value is -3.77. The van der Waals surface area contributed by atoms with Crippen LogP contribution in [-0.4, -0.2) is 22.7 Å². The van der Waals surface area contributed by atoms with Crippen molar-refractivity contribution in [1.82, 2.24) is 15.3 Å². The molecule has 0 saturated heterocycles. The lowest BCUT2D eigenvalue weighted by molar-refractivity contribution is -0.115. The number of aromatic amines is 1. The highest BCUT2D eigenvalue weighted by atomic mass is 35.5. The molecule has 1 amide bonds. The Morgan fingerprint density at radius 2 is 1.87 bits per heavy atom. The maximum absolute atomic E-state index is 13.2. The molecule has 6 nitrogen and oxygen atoms in total. The van der Waals surface area contributed by atoms with Gasteiger partial charge in [0.15, 0.2) is 11.5 Å². The topological polar surface area (TPSA) is 76.2 Å². The van der Waals surface area contributed by atoms with E-state index >= 15 is 0 Å². The van der Waals surface area contributed by atoms with Gasteiger partial charge in [0.25, 0.3) is 5.91 Å². The van der Waals surface area contributed by atoms with Crippen LogP contribution in [0, 0.1) is 0 Å². The molecule has 2 N–H and O–H groups in total. The molecule has 5 rings (SSSR count). The molecule has 3 aromatic carbocycles. The summed E-state index contributed by atoms with van der Waals surface area (Å²) in [7, 11) is 0. The maximum atomic E-state index is 13.2. The third kappa shape index (κ3) is 3.98. The van der Waals surface area contributed by atoms with Crippen LogP contribution >= 0.6 is 11.6 Å². The normalized spacial score (nSPS) is 12.9. The van der Waals surface area contributed by atoms with Crippen LogP contribution in [0.1, 0.15) is 17.0 Å². The van der Waals surface area contributed by atoms with Crippen molar-refractivity contribution < 1.29 is 14.3 Å². The fraction of sp³-hybridized carbons (Fsp3) is 0.0833. The van der Waals surface area contributed by atoms with Gasteiger partial charge in [-0.05, 0) is 47.5 Å². The van der Waals surface area contributed by atoms with E-state index in [1.165, 1.54) is 0 Å². The molecule has 0 saturated carbocycles. The first kappa shape index (κ1) is 19.2. The Labute approximate surface area is 183 Å². The number of H-pyrrole nitrogens is 1. The molecule has 31 heavy (non-hydrogen) atoms. The molecule has 0 unspecified atom stereocenters. The largest absolute Gasteiger partial charge is 0.454 e. The van der Waals surface area contributed by atoms with E-state index in [1.807, 2.05) is 60.7 Å². The lowest BCUT2D eigenvalue weighted by atomic mass is 10.1. The molecule has 0 fully saturated rings. The zero-order valence-electron chi connectivity index (χ0n) is 16.4. The number of hydrogen-bond acceptors (Lipinski definition) is 4. The zero-order chi connectivity index (χ0) is 21.2. The number of hydrogen-bond donors (Lipinski definition) is 2. The van der Waals surface area contributed by atoms with Gasteiger partial charge in [-0.15, -0.1) is 0 Å². The molecule has 7 heteroatoms. The van der Waals surface area contributed by atoms with Gasteiger partial charge in [-0.2, -0.15) is 0 Å². The van der Waals surface area contributed by atoms with Crippen LogP contribution in [0.3, 0.4) is 0 Å². The molecule has 2 heterocycles. The average molecular weight is 432 g/mol. The second-order valence-corrected chi connectivity index (χ2v) is 7.46. The second kappa shape index (κ2) is 8.16. The van der Waals surface area contributed by atoms with Gasteiger partial charge in [-0.3, -0.25) is 4.79 Å². The van der Waals surface area contributed by atoms with Gasteiger partial charge < -0.3 is 19.8 Å². The molecule has 1 aliphatic rings. The molecule has 0 radical (unpaired) electrons. The van der Waals surface area contributed by atoms with Gasteiger partial charge in [0.1, 0.15) is 5.82 Å². The first-order valence-electron chi connectivity index (χ1n) is 9.75. The molecule has 0 aliphatic carbocycles. The Kier molecular flexibility index (Phi) is 5.06. The maximum Gasteiger partial charge on any atom is 0.255 e. The van der Waals surface area contributed by atoms with Crippen molar-refractivity contribution >= 4 is 40.2 Å². The summed E-state index contributed by atoms with van der Waals surface area (Å²) in [5.74, 6) is 1.59. The van der Waals surface area contributed by atoms with Gasteiger partial charge >= 0.3 is 0 Å². The molecular weight excluding hydrogens is 414 g/mol. The fourth-order valence-corrected chi connectivity index (χ4v) is 3.59. The van der Waals surface area contributed by atoms with Gasteiger partial charge in [0.05, 0.1) is 16.6 Å². The molecule has 0 atom stereocenters. The summed E-state index contributed by atoms with van der Waals surface area (Å²) in [5, 5.41) is 3.52. The van der Waals surface area contributed by atoms with Crippen molar-refractivity contribution in [3.8, 4) is 11.5 Å². The summed E-state index contributed by atoms with van der Waals surface area (Å²) in [6, 6.07) is 20.6. The Balaban J connectivity index is 1.46. The number of rotatable bonds is 5. The molecule has 0 bridgehead atoms. The van der Waals surface area contributed by atoms with E-state index < -0.39 is 0 Å². The van der Waals surface area contributed by atoms with Crippen molar-refractivity contribution in [2.24, 2.45) is 0 Å². The van der Waals surface area contributed by atoms with Crippen molar-refractivity contribution in [3.63, 3.8) is 0 Å². The van der Waals surface area contributed by atoms with Crippen molar-refractivity contribution in [1.29, 1.82) is 0 Å². The number of para-hydroxylation sites is 2. The number of imidazole rings is 1. The predicted molar refractivity (Wildman–Crippen MR) is 120 cm³/mol. The van der Waals surface area contributed by atoms with E-state index in [0.717, 1.165) is 22.2 Å². The number of carbonyl (C=O) groups excluding carboxylic acids is 1. The summed E-state index contributed by atoms with van der Waals surface area (Å²) in [5.41, 5.74) is 3.67. The number of benzene rings is 3. The minimum Gasteiger partial charge on any atom is -0.454 e. The number of nitrogens with one attached hydrogen (secondary N) is 2. The Morgan fingerprint density at radius 1 is 1.06 bits per heavy atom. The molecular formula is C24H18ClN3O3. The molecule has 1 aliphatic heterocycles. The van der Waals surface area contributed by atoms with Crippen molar-refractivity contribution in [3.05, 3.63) is 88.7 Å². The summed E-state index contributed by atoms with van der Waals surface area (Å²) in [6.45, 7) is 0.539. The van der Waals surface area contributed by atoms with Crippen molar-refractivity contribution in [2.45, 2.75) is 6.54 Å². The van der Waals surface area contributed by atoms with Crippen molar-refractivity contribution in [2.75, 3.05) is 6.79 Å². The van der Waals surface area contributed by atoms with E-state index in [1.54, 1.807) is 12.1 Å². The number of amides is 1. The van der Waals surface area contributed by atoms with E-state index in [-0.39, 0.29) is 12.7 Å². The van der Waals surface area contributed by atoms with Crippen LogP contribution in [0.4, 0.5) is 0 Å². The zero-order valence-corrected chi connectivity index (χ0v) is 17.1. The predicted octanol–water partition coefficient (Wildman–Crippen LogP) is 4.80. The molecule has 0 spiro atoms. The first-order valence-corrected chi connectivity index (χ1v) is 10.1. The summed E-state index contributed by atoms with van der Waals surface area (Å²) in [6.07, 6.45) is 1.75. The minimum atomic E-state index is -0.267. The minimum absolute atomic E-state index is 0.210. The van der Waals surface area contributed by atoms with E-state index in [2.05, 4.69) is 15.3 Å². The lowest BCUT2D eigenvalue weighted by Gasteiger charge is -2.09. The highest BCUT2D eigenvalue weighted by Gasteiger charge is 2.18. The highest BCUT2D eigenvalue weighted by Crippen LogP contribution is 2.32. The Morgan fingerprint density at radius 3 is 2.74 bits per heavy atom. The monoisotopic (exact) mass is 431 g/mol. The fourth-order valence-electron chi connectivity index (χ4n) is 3.40. The summed E-state index contributed by atoms with van der Waals surface area (Å²) >= 11 is 6.33. The first-order chi connectivity index (χ1) is 15.2. The standard InChI is InChI=1S/C24H18ClN3O3/c25-18-6-2-1-5-16(18)12-17(23-27-19-7-3-4-8-20(19)28-23)24(29)26-13-15-9-10-21-22(11-15)31-14-30-21/h1-12H,13-14H2,(H,26,29)(H,27,28). The van der Waals surface area contributed by atoms with Crippen LogP contribution in [0.15, 0.2) is 66.7 Å². The van der Waals surface area contributed by atoms with Crippen LogP contribution in [0.5, 0.6) is 11.5 Å². The number of carbonyl (C=O) groups is 1. The lowest BCUT2D eigenvalue weighted by Crippen LogP contribution is -2.24. The third-order valence-electron chi connectivity index (χ3n) is 4.98. The van der Waals surface area contributed by atoms with Gasteiger partial charge in [-0.1, -0.05) is 48.0 Å². The Bertz CT molecular complexity index is 1280.